The highest BCUT2D eigenvalue weighted by atomic mass is 35.5. The van der Waals surface area contributed by atoms with E-state index in [-0.39, 0.29) is 39.4 Å². The number of aromatic nitrogens is 1. The van der Waals surface area contributed by atoms with Crippen LogP contribution in [0.3, 0.4) is 0 Å². The first kappa shape index (κ1) is 23.1. The number of hydrogen-bond donors (Lipinski definition) is 1. The van der Waals surface area contributed by atoms with Crippen LogP contribution in [0, 0.1) is 0 Å². The van der Waals surface area contributed by atoms with E-state index in [1.165, 1.54) is 28.7 Å². The fraction of sp³-hybridized carbons (Fsp3) is 0.278. The Balaban J connectivity index is 2.13. The molecule has 11 heteroatoms. The van der Waals surface area contributed by atoms with Crippen LogP contribution in [0.15, 0.2) is 41.4 Å². The lowest BCUT2D eigenvalue weighted by Gasteiger charge is -2.19. The highest BCUT2D eigenvalue weighted by Crippen LogP contribution is 2.24. The highest BCUT2D eigenvalue weighted by Gasteiger charge is 2.24. The summed E-state index contributed by atoms with van der Waals surface area (Å²) in [5.74, 6) is -1.57. The number of nitrogens with zero attached hydrogens (tertiary/aromatic N) is 2. The van der Waals surface area contributed by atoms with E-state index >= 15 is 0 Å². The lowest BCUT2D eigenvalue weighted by molar-refractivity contribution is -0.119. The molecule has 1 aromatic carbocycles. The van der Waals surface area contributed by atoms with Crippen molar-refractivity contribution >= 4 is 50.8 Å². The number of anilines is 1. The predicted molar refractivity (Wildman–Crippen MR) is 110 cm³/mol. The lowest BCUT2D eigenvalue weighted by atomic mass is 10.2. The zero-order valence-electron chi connectivity index (χ0n) is 15.7. The van der Waals surface area contributed by atoms with Gasteiger partial charge in [0.15, 0.2) is 11.8 Å². The average molecular weight is 460 g/mol. The van der Waals surface area contributed by atoms with Gasteiger partial charge in [-0.05, 0) is 30.3 Å². The lowest BCUT2D eigenvalue weighted by Crippen LogP contribution is -2.30. The Morgan fingerprint density at radius 2 is 1.86 bits per heavy atom. The van der Waals surface area contributed by atoms with E-state index in [2.05, 4.69) is 10.3 Å². The second-order valence-corrected chi connectivity index (χ2v) is 8.40. The normalized spacial score (nSPS) is 11.3. The summed E-state index contributed by atoms with van der Waals surface area (Å²) in [5.41, 5.74) is 0.104. The van der Waals surface area contributed by atoms with Crippen LogP contribution in [0.25, 0.3) is 0 Å². The second-order valence-electron chi connectivity index (χ2n) is 5.70. The Bertz CT molecular complexity index is 1010. The van der Waals surface area contributed by atoms with Gasteiger partial charge in [-0.1, -0.05) is 37.0 Å². The fourth-order valence-corrected chi connectivity index (χ4v) is 4.25. The molecule has 2 rings (SSSR count). The van der Waals surface area contributed by atoms with E-state index in [0.29, 0.717) is 0 Å². The molecule has 0 saturated heterocycles. The number of benzene rings is 1. The zero-order valence-corrected chi connectivity index (χ0v) is 18.0. The highest BCUT2D eigenvalue weighted by molar-refractivity contribution is 7.89. The van der Waals surface area contributed by atoms with Gasteiger partial charge in [0.05, 0.1) is 21.2 Å². The van der Waals surface area contributed by atoms with E-state index in [1.807, 2.05) is 0 Å². The van der Waals surface area contributed by atoms with Crippen molar-refractivity contribution in [3.05, 3.63) is 52.3 Å². The summed E-state index contributed by atoms with van der Waals surface area (Å²) in [4.78, 5) is 28.0. The number of nitrogens with one attached hydrogen (secondary N) is 1. The standard InChI is InChI=1S/C18H19Cl2N3O5S/c1-3-23(4-2)29(26,27)12-7-8-14(19)13(10-12)18(25)28-11-16(24)22-15-6-5-9-21-17(15)20/h5-10H,3-4,11H2,1-2H3,(H,22,24). The molecule has 0 saturated carbocycles. The third-order valence-corrected chi connectivity index (χ3v) is 6.55. The molecule has 1 N–H and O–H groups in total. The molecule has 0 fully saturated rings. The van der Waals surface area contributed by atoms with Gasteiger partial charge in [-0.25, -0.2) is 18.2 Å². The van der Waals surface area contributed by atoms with E-state index in [4.69, 9.17) is 27.9 Å². The first-order chi connectivity index (χ1) is 13.7. The first-order valence-corrected chi connectivity index (χ1v) is 10.8. The third kappa shape index (κ3) is 5.66. The van der Waals surface area contributed by atoms with Crippen LogP contribution in [0.1, 0.15) is 24.2 Å². The minimum atomic E-state index is -3.78. The first-order valence-electron chi connectivity index (χ1n) is 8.57. The molecule has 0 aliphatic carbocycles. The van der Waals surface area contributed by atoms with Crippen molar-refractivity contribution in [3.63, 3.8) is 0 Å². The smallest absolute Gasteiger partial charge is 0.340 e. The largest absolute Gasteiger partial charge is 0.452 e. The summed E-state index contributed by atoms with van der Waals surface area (Å²) in [7, 11) is -3.78. The number of carbonyl (C=O) groups excluding carboxylic acids is 2. The predicted octanol–water partition coefficient (Wildman–Crippen LogP) is 3.21. The average Bonchev–Trinajstić information content (AvgIpc) is 2.69. The Kier molecular flexibility index (Phi) is 7.97. The molecule has 0 bridgehead atoms. The van der Waals surface area contributed by atoms with Crippen LogP contribution in [0.2, 0.25) is 10.2 Å². The molecule has 0 aliphatic rings. The van der Waals surface area contributed by atoms with Crippen molar-refractivity contribution in [2.24, 2.45) is 0 Å². The maximum atomic E-state index is 12.6. The van der Waals surface area contributed by atoms with Crippen LogP contribution >= 0.6 is 23.2 Å². The molecule has 0 atom stereocenters. The Morgan fingerprint density at radius 1 is 1.17 bits per heavy atom. The van der Waals surface area contributed by atoms with Gasteiger partial charge in [0.25, 0.3) is 5.91 Å². The van der Waals surface area contributed by atoms with Crippen LogP contribution in [0.4, 0.5) is 5.69 Å². The van der Waals surface area contributed by atoms with Gasteiger partial charge in [0.2, 0.25) is 10.0 Å². The molecule has 0 aliphatic heterocycles. The van der Waals surface area contributed by atoms with Crippen molar-refractivity contribution in [1.29, 1.82) is 0 Å². The van der Waals surface area contributed by atoms with Crippen molar-refractivity contribution in [2.75, 3.05) is 25.0 Å². The molecule has 0 radical (unpaired) electrons. The van der Waals surface area contributed by atoms with Gasteiger partial charge < -0.3 is 10.1 Å². The number of sulfonamides is 1. The summed E-state index contributed by atoms with van der Waals surface area (Å²) in [5, 5.41) is 2.54. The summed E-state index contributed by atoms with van der Waals surface area (Å²) in [6, 6.07) is 6.85. The van der Waals surface area contributed by atoms with Crippen LogP contribution < -0.4 is 5.32 Å². The van der Waals surface area contributed by atoms with E-state index in [0.717, 1.165) is 6.07 Å². The van der Waals surface area contributed by atoms with E-state index < -0.39 is 28.5 Å². The summed E-state index contributed by atoms with van der Waals surface area (Å²) >= 11 is 11.9. The van der Waals surface area contributed by atoms with Gasteiger partial charge in [-0.3, -0.25) is 4.79 Å². The summed E-state index contributed by atoms with van der Waals surface area (Å²) < 4.78 is 31.5. The number of esters is 1. The van der Waals surface area contributed by atoms with Crippen molar-refractivity contribution in [2.45, 2.75) is 18.7 Å². The van der Waals surface area contributed by atoms with Crippen LogP contribution in [-0.4, -0.2) is 49.3 Å². The number of halogens is 2. The second kappa shape index (κ2) is 10.0. The fourth-order valence-electron chi connectivity index (χ4n) is 2.41. The molecule has 8 nitrogen and oxygen atoms in total. The molecule has 0 spiro atoms. The molecular formula is C18H19Cl2N3O5S. The maximum absolute atomic E-state index is 12.6. The molecule has 156 valence electrons. The van der Waals surface area contributed by atoms with Crippen LogP contribution in [0.5, 0.6) is 0 Å². The molecule has 29 heavy (non-hydrogen) atoms. The third-order valence-electron chi connectivity index (χ3n) is 3.87. The molecule has 1 aromatic heterocycles. The SMILES string of the molecule is CCN(CC)S(=O)(=O)c1ccc(Cl)c(C(=O)OCC(=O)Nc2cccnc2Cl)c1. The molecule has 0 unspecified atom stereocenters. The van der Waals surface area contributed by atoms with Gasteiger partial charge in [0.1, 0.15) is 0 Å². The van der Waals surface area contributed by atoms with E-state index in [1.54, 1.807) is 19.9 Å². The molecule has 2 aromatic rings. The molecule has 1 amide bonds. The number of pyridine rings is 1. The summed E-state index contributed by atoms with van der Waals surface area (Å²) in [6.07, 6.45) is 1.46. The summed E-state index contributed by atoms with van der Waals surface area (Å²) in [6.45, 7) is 3.35. The number of amides is 1. The van der Waals surface area contributed by atoms with Gasteiger partial charge in [-0.15, -0.1) is 0 Å². The maximum Gasteiger partial charge on any atom is 0.340 e. The van der Waals surface area contributed by atoms with E-state index in [9.17, 15) is 18.0 Å². The molecular weight excluding hydrogens is 441 g/mol. The monoisotopic (exact) mass is 459 g/mol. The Hall–Kier alpha value is -2.20. The van der Waals surface area contributed by atoms with Crippen molar-refractivity contribution in [1.82, 2.24) is 9.29 Å². The van der Waals surface area contributed by atoms with Crippen molar-refractivity contribution in [3.8, 4) is 0 Å². The van der Waals surface area contributed by atoms with Gasteiger partial charge in [-0.2, -0.15) is 4.31 Å². The van der Waals surface area contributed by atoms with Gasteiger partial charge in [0, 0.05) is 19.3 Å². The number of rotatable bonds is 8. The minimum Gasteiger partial charge on any atom is -0.452 e. The number of ether oxygens (including phenoxy) is 1. The minimum absolute atomic E-state index is 0.00390. The Morgan fingerprint density at radius 3 is 2.48 bits per heavy atom. The number of carbonyl (C=O) groups is 2. The van der Waals surface area contributed by atoms with Crippen molar-refractivity contribution < 1.29 is 22.7 Å². The number of hydrogen-bond acceptors (Lipinski definition) is 6. The van der Waals surface area contributed by atoms with Crippen LogP contribution in [-0.2, 0) is 19.6 Å². The quantitative estimate of drug-likeness (QED) is 0.479. The van der Waals surface area contributed by atoms with Gasteiger partial charge >= 0.3 is 5.97 Å². The Labute approximate surface area is 178 Å². The molecule has 1 heterocycles. The topological polar surface area (TPSA) is 106 Å². The zero-order chi connectivity index (χ0) is 21.6.